The zero-order valence-electron chi connectivity index (χ0n) is 16.7. The van der Waals surface area contributed by atoms with Gasteiger partial charge in [0, 0.05) is 18.8 Å². The molecule has 2 aromatic heterocycles. The molecule has 0 aliphatic carbocycles. The van der Waals surface area contributed by atoms with Gasteiger partial charge in [-0.05, 0) is 58.7 Å². The van der Waals surface area contributed by atoms with Crippen LogP contribution in [0.3, 0.4) is 0 Å². The molecule has 0 fully saturated rings. The van der Waals surface area contributed by atoms with Gasteiger partial charge < -0.3 is 21.1 Å². The first-order valence-corrected chi connectivity index (χ1v) is 9.36. The Bertz CT molecular complexity index is 991. The van der Waals surface area contributed by atoms with E-state index in [-0.39, 0.29) is 0 Å². The minimum absolute atomic E-state index is 0.394. The molecule has 0 atom stereocenters. The number of benzene rings is 1. The van der Waals surface area contributed by atoms with Crippen molar-refractivity contribution in [2.45, 2.75) is 46.1 Å². The number of nitrogens with one attached hydrogen (secondary N) is 2. The smallest absolute Gasteiger partial charge is 0.407 e. The predicted octanol–water partition coefficient (Wildman–Crippen LogP) is 2.88. The SMILES string of the molecule is Cc1nnc2c(NCCCCNC(=O)OC(C)(C)C)nc3cc(N)ccc3n12. The molecule has 0 aliphatic rings. The molecule has 0 radical (unpaired) electrons. The summed E-state index contributed by atoms with van der Waals surface area (Å²) in [6, 6.07) is 5.60. The molecule has 150 valence electrons. The van der Waals surface area contributed by atoms with Crippen LogP contribution in [-0.2, 0) is 4.74 Å². The van der Waals surface area contributed by atoms with Gasteiger partial charge in [-0.1, -0.05) is 0 Å². The highest BCUT2D eigenvalue weighted by molar-refractivity contribution is 5.85. The van der Waals surface area contributed by atoms with Crippen LogP contribution in [0.25, 0.3) is 16.7 Å². The van der Waals surface area contributed by atoms with E-state index in [1.54, 1.807) is 0 Å². The molecular formula is C19H27N7O2. The van der Waals surface area contributed by atoms with Gasteiger partial charge in [0.2, 0.25) is 5.65 Å². The Morgan fingerprint density at radius 3 is 2.71 bits per heavy atom. The van der Waals surface area contributed by atoms with Gasteiger partial charge in [0.1, 0.15) is 11.4 Å². The van der Waals surface area contributed by atoms with Crippen molar-refractivity contribution in [2.75, 3.05) is 24.1 Å². The average Bonchev–Trinajstić information content (AvgIpc) is 2.98. The largest absolute Gasteiger partial charge is 0.444 e. The molecule has 1 amide bonds. The molecule has 0 saturated heterocycles. The van der Waals surface area contributed by atoms with E-state index in [0.29, 0.717) is 30.2 Å². The van der Waals surface area contributed by atoms with Crippen LogP contribution in [-0.4, -0.2) is 44.4 Å². The van der Waals surface area contributed by atoms with Gasteiger partial charge in [0.15, 0.2) is 5.82 Å². The fourth-order valence-corrected chi connectivity index (χ4v) is 2.87. The number of fused-ring (bicyclic) bond motifs is 3. The lowest BCUT2D eigenvalue weighted by atomic mass is 10.2. The van der Waals surface area contributed by atoms with Crippen molar-refractivity contribution in [1.29, 1.82) is 0 Å². The number of rotatable bonds is 6. The third kappa shape index (κ3) is 4.59. The summed E-state index contributed by atoms with van der Waals surface area (Å²) in [6.45, 7) is 8.67. The molecule has 0 saturated carbocycles. The molecule has 0 bridgehead atoms. The highest BCUT2D eigenvalue weighted by atomic mass is 16.6. The number of ether oxygens (including phenoxy) is 1. The highest BCUT2D eigenvalue weighted by Crippen LogP contribution is 2.23. The number of aromatic nitrogens is 4. The van der Waals surface area contributed by atoms with E-state index in [1.165, 1.54) is 0 Å². The van der Waals surface area contributed by atoms with E-state index < -0.39 is 11.7 Å². The maximum Gasteiger partial charge on any atom is 0.407 e. The lowest BCUT2D eigenvalue weighted by Gasteiger charge is -2.19. The Kier molecular flexibility index (Phi) is 5.53. The van der Waals surface area contributed by atoms with Crippen molar-refractivity contribution in [3.63, 3.8) is 0 Å². The van der Waals surface area contributed by atoms with Crippen molar-refractivity contribution in [3.8, 4) is 0 Å². The Labute approximate surface area is 163 Å². The number of hydrogen-bond donors (Lipinski definition) is 3. The first-order valence-electron chi connectivity index (χ1n) is 9.36. The van der Waals surface area contributed by atoms with E-state index in [1.807, 2.05) is 50.3 Å². The summed E-state index contributed by atoms with van der Waals surface area (Å²) < 4.78 is 7.18. The maximum absolute atomic E-state index is 11.6. The van der Waals surface area contributed by atoms with Gasteiger partial charge in [-0.15, -0.1) is 10.2 Å². The normalized spacial score (nSPS) is 11.7. The number of hydrogen-bond acceptors (Lipinski definition) is 7. The molecule has 0 unspecified atom stereocenters. The number of amides is 1. The Morgan fingerprint density at radius 2 is 1.96 bits per heavy atom. The number of alkyl carbamates (subject to hydrolysis) is 1. The summed E-state index contributed by atoms with van der Waals surface area (Å²) in [7, 11) is 0. The number of nitrogens with two attached hydrogens (primary N) is 1. The van der Waals surface area contributed by atoms with Crippen molar-refractivity contribution in [2.24, 2.45) is 0 Å². The van der Waals surface area contributed by atoms with Gasteiger partial charge >= 0.3 is 6.09 Å². The molecule has 3 rings (SSSR count). The molecule has 9 nitrogen and oxygen atoms in total. The molecule has 9 heteroatoms. The van der Waals surface area contributed by atoms with Gasteiger partial charge in [0.25, 0.3) is 0 Å². The van der Waals surface area contributed by atoms with Gasteiger partial charge in [0.05, 0.1) is 11.0 Å². The fraction of sp³-hybridized carbons (Fsp3) is 0.474. The molecular weight excluding hydrogens is 358 g/mol. The second-order valence-electron chi connectivity index (χ2n) is 7.68. The second-order valence-corrected chi connectivity index (χ2v) is 7.68. The monoisotopic (exact) mass is 385 g/mol. The molecule has 4 N–H and O–H groups in total. The lowest BCUT2D eigenvalue weighted by Crippen LogP contribution is -2.33. The third-order valence-electron chi connectivity index (χ3n) is 4.07. The Hall–Kier alpha value is -3.10. The molecule has 2 heterocycles. The molecule has 28 heavy (non-hydrogen) atoms. The van der Waals surface area contributed by atoms with Crippen LogP contribution < -0.4 is 16.4 Å². The highest BCUT2D eigenvalue weighted by Gasteiger charge is 2.15. The summed E-state index contributed by atoms with van der Waals surface area (Å²) >= 11 is 0. The molecule has 0 spiro atoms. The van der Waals surface area contributed by atoms with Crippen LogP contribution >= 0.6 is 0 Å². The first-order chi connectivity index (χ1) is 13.2. The molecule has 3 aromatic rings. The van der Waals surface area contributed by atoms with E-state index in [2.05, 4.69) is 25.8 Å². The minimum atomic E-state index is -0.488. The average molecular weight is 385 g/mol. The molecule has 0 aliphatic heterocycles. The topological polar surface area (TPSA) is 119 Å². The van der Waals surface area contributed by atoms with E-state index in [4.69, 9.17) is 10.5 Å². The number of nitrogens with zero attached hydrogens (tertiary/aromatic N) is 4. The summed E-state index contributed by atoms with van der Waals surface area (Å²) in [5.41, 5.74) is 8.45. The van der Waals surface area contributed by atoms with Crippen LogP contribution in [0.5, 0.6) is 0 Å². The van der Waals surface area contributed by atoms with Gasteiger partial charge in [-0.3, -0.25) is 4.40 Å². The van der Waals surface area contributed by atoms with Crippen molar-refractivity contribution >= 4 is 34.3 Å². The number of carbonyl (C=O) groups is 1. The molecule has 1 aromatic carbocycles. The second kappa shape index (κ2) is 7.87. The van der Waals surface area contributed by atoms with Gasteiger partial charge in [-0.25, -0.2) is 9.78 Å². The quantitative estimate of drug-likeness (QED) is 0.441. The zero-order valence-corrected chi connectivity index (χ0v) is 16.7. The predicted molar refractivity (Wildman–Crippen MR) is 109 cm³/mol. The number of anilines is 2. The summed E-state index contributed by atoms with van der Waals surface area (Å²) in [5.74, 6) is 1.45. The first kappa shape index (κ1) is 19.7. The van der Waals surface area contributed by atoms with E-state index in [9.17, 15) is 4.79 Å². The number of aryl methyl sites for hydroxylation is 1. The third-order valence-corrected chi connectivity index (χ3v) is 4.07. The summed E-state index contributed by atoms with van der Waals surface area (Å²) in [4.78, 5) is 16.3. The Balaban J connectivity index is 1.59. The number of carbonyl (C=O) groups excluding carboxylic acids is 1. The van der Waals surface area contributed by atoms with Crippen LogP contribution in [0.15, 0.2) is 18.2 Å². The Morgan fingerprint density at radius 1 is 1.21 bits per heavy atom. The summed E-state index contributed by atoms with van der Waals surface area (Å²) in [6.07, 6.45) is 1.27. The summed E-state index contributed by atoms with van der Waals surface area (Å²) in [5, 5.41) is 14.5. The fourth-order valence-electron chi connectivity index (χ4n) is 2.87. The van der Waals surface area contributed by atoms with Crippen molar-refractivity contribution < 1.29 is 9.53 Å². The van der Waals surface area contributed by atoms with E-state index >= 15 is 0 Å². The van der Waals surface area contributed by atoms with Gasteiger partial charge in [-0.2, -0.15) is 0 Å². The number of nitrogen functional groups attached to an aromatic ring is 1. The van der Waals surface area contributed by atoms with Crippen molar-refractivity contribution in [3.05, 3.63) is 24.0 Å². The minimum Gasteiger partial charge on any atom is -0.444 e. The van der Waals surface area contributed by atoms with Crippen LogP contribution in [0.1, 0.15) is 39.4 Å². The number of unbranched alkanes of at least 4 members (excludes halogenated alkanes) is 1. The van der Waals surface area contributed by atoms with Crippen molar-refractivity contribution in [1.82, 2.24) is 24.9 Å². The van der Waals surface area contributed by atoms with E-state index in [0.717, 1.165) is 29.7 Å². The van der Waals surface area contributed by atoms with Crippen LogP contribution in [0, 0.1) is 6.92 Å². The van der Waals surface area contributed by atoms with Crippen LogP contribution in [0.2, 0.25) is 0 Å². The van der Waals surface area contributed by atoms with Crippen LogP contribution in [0.4, 0.5) is 16.3 Å². The standard InChI is InChI=1S/C19H27N7O2/c1-12-24-25-17-16(23-14-11-13(20)7-8-15(14)26(12)17)21-9-5-6-10-22-18(27)28-19(2,3)4/h7-8,11H,5-6,9-10,20H2,1-4H3,(H,21,23)(H,22,27). The zero-order chi connectivity index (χ0) is 20.3. The maximum atomic E-state index is 11.6. The lowest BCUT2D eigenvalue weighted by molar-refractivity contribution is 0.0527.